The lowest BCUT2D eigenvalue weighted by Gasteiger charge is -2.33. The van der Waals surface area contributed by atoms with Gasteiger partial charge in [0.1, 0.15) is 5.82 Å². The van der Waals surface area contributed by atoms with E-state index in [1.54, 1.807) is 36.7 Å². The van der Waals surface area contributed by atoms with Crippen LogP contribution in [0.15, 0.2) is 73.1 Å². The van der Waals surface area contributed by atoms with Crippen LogP contribution in [0.4, 0.5) is 26.2 Å². The Bertz CT molecular complexity index is 1130. The van der Waals surface area contributed by atoms with Crippen molar-refractivity contribution in [2.75, 3.05) is 35.3 Å². The van der Waals surface area contributed by atoms with E-state index in [9.17, 15) is 14.0 Å². The predicted molar refractivity (Wildman–Crippen MR) is 139 cm³/mol. The zero-order valence-electron chi connectivity index (χ0n) is 19.4. The molecule has 0 saturated carbocycles. The number of hydrogen-bond acceptors (Lipinski definition) is 6. The van der Waals surface area contributed by atoms with E-state index in [2.05, 4.69) is 26.1 Å². The average molecular weight is 518 g/mol. The van der Waals surface area contributed by atoms with Gasteiger partial charge in [0.2, 0.25) is 0 Å². The molecule has 192 valence electrons. The van der Waals surface area contributed by atoms with Crippen LogP contribution in [-0.4, -0.2) is 42.2 Å². The number of amides is 2. The monoisotopic (exact) mass is 517 g/mol. The topological polar surface area (TPSA) is 127 Å². The van der Waals surface area contributed by atoms with Crippen LogP contribution in [0.1, 0.15) is 23.2 Å². The van der Waals surface area contributed by atoms with Gasteiger partial charge >= 0.3 is 6.09 Å². The van der Waals surface area contributed by atoms with E-state index in [0.29, 0.717) is 23.9 Å². The quantitative estimate of drug-likeness (QED) is 0.406. The molecule has 4 rings (SSSR count). The number of piperidine rings is 1. The lowest BCUT2D eigenvalue weighted by molar-refractivity contribution is 0.102. The van der Waals surface area contributed by atoms with Gasteiger partial charge in [0.05, 0.1) is 18.0 Å². The normalized spacial score (nSPS) is 13.0. The highest BCUT2D eigenvalue weighted by atomic mass is 35.5. The second kappa shape index (κ2) is 13.9. The van der Waals surface area contributed by atoms with E-state index in [0.717, 1.165) is 37.7 Å². The minimum Gasteiger partial charge on any atom is -0.448 e. The molecular weight excluding hydrogens is 489 g/mol. The number of carbonyl (C=O) groups is 2. The van der Waals surface area contributed by atoms with Crippen molar-refractivity contribution in [3.63, 3.8) is 0 Å². The van der Waals surface area contributed by atoms with Gasteiger partial charge in [0, 0.05) is 36.7 Å². The molecule has 0 spiro atoms. The molecule has 0 bridgehead atoms. The molecule has 5 N–H and O–H groups in total. The number of para-hydroxylation sites is 2. The minimum atomic E-state index is -0.608. The number of hydrogen-bond donors (Lipinski definition) is 3. The number of carbonyl (C=O) groups excluding carboxylic acids is 2. The fourth-order valence-electron chi connectivity index (χ4n) is 3.79. The third-order valence-electron chi connectivity index (χ3n) is 5.65. The lowest BCUT2D eigenvalue weighted by atomic mass is 9.97. The van der Waals surface area contributed by atoms with Crippen molar-refractivity contribution in [1.29, 1.82) is 0 Å². The summed E-state index contributed by atoms with van der Waals surface area (Å²) in [5.41, 5.74) is 7.51. The van der Waals surface area contributed by atoms with Crippen molar-refractivity contribution in [2.45, 2.75) is 12.8 Å². The van der Waals surface area contributed by atoms with Crippen LogP contribution < -0.4 is 21.1 Å². The summed E-state index contributed by atoms with van der Waals surface area (Å²) in [4.78, 5) is 31.0. The van der Waals surface area contributed by atoms with Crippen LogP contribution >= 0.6 is 12.4 Å². The van der Waals surface area contributed by atoms with Crippen molar-refractivity contribution < 1.29 is 24.2 Å². The van der Waals surface area contributed by atoms with E-state index in [1.165, 1.54) is 18.2 Å². The van der Waals surface area contributed by atoms with Crippen molar-refractivity contribution >= 4 is 41.5 Å². The standard InChI is InChI=1S/C25H26FN5O3.ClH.H2O/c26-20-5-3-4-19(16-20)24(32)28-22-6-1-2-7-23(22)29-30-25(33)34-17-18-10-14-31(15-11-18)21-8-12-27-13-9-21;;/h1-9,12-13,16,18,29H,10-11,14-15,17H2,(H,28,32)(H,30,33);1H;1H2. The summed E-state index contributed by atoms with van der Waals surface area (Å²) in [5.74, 6) is -0.664. The molecule has 0 radical (unpaired) electrons. The number of halogens is 2. The summed E-state index contributed by atoms with van der Waals surface area (Å²) >= 11 is 0. The molecule has 2 aromatic carbocycles. The van der Waals surface area contributed by atoms with Gasteiger partial charge in [-0.1, -0.05) is 18.2 Å². The zero-order chi connectivity index (χ0) is 23.8. The molecule has 1 aromatic heterocycles. The van der Waals surface area contributed by atoms with Gasteiger partial charge in [-0.15, -0.1) is 12.4 Å². The molecular formula is C25H29ClFN5O4. The highest BCUT2D eigenvalue weighted by Gasteiger charge is 2.21. The number of benzene rings is 2. The number of ether oxygens (including phenoxy) is 1. The van der Waals surface area contributed by atoms with Crippen LogP contribution in [0.2, 0.25) is 0 Å². The average Bonchev–Trinajstić information content (AvgIpc) is 2.88. The van der Waals surface area contributed by atoms with Crippen LogP contribution in [0.3, 0.4) is 0 Å². The Kier molecular flexibility index (Phi) is 10.9. The molecule has 0 atom stereocenters. The van der Waals surface area contributed by atoms with E-state index in [4.69, 9.17) is 4.74 Å². The van der Waals surface area contributed by atoms with Crippen LogP contribution in [0.25, 0.3) is 0 Å². The number of nitrogens with one attached hydrogen (secondary N) is 3. The molecule has 0 unspecified atom stereocenters. The van der Waals surface area contributed by atoms with Gasteiger partial charge in [-0.3, -0.25) is 15.2 Å². The molecule has 3 aromatic rings. The second-order valence-corrected chi connectivity index (χ2v) is 7.99. The van der Waals surface area contributed by atoms with Gasteiger partial charge in [-0.05, 0) is 61.2 Å². The third kappa shape index (κ3) is 7.82. The van der Waals surface area contributed by atoms with E-state index in [1.807, 2.05) is 12.1 Å². The summed E-state index contributed by atoms with van der Waals surface area (Å²) in [7, 11) is 0. The third-order valence-corrected chi connectivity index (χ3v) is 5.65. The first-order valence-corrected chi connectivity index (χ1v) is 11.1. The first-order chi connectivity index (χ1) is 16.6. The Balaban J connectivity index is 0.00000228. The van der Waals surface area contributed by atoms with E-state index >= 15 is 0 Å². The molecule has 36 heavy (non-hydrogen) atoms. The van der Waals surface area contributed by atoms with E-state index < -0.39 is 17.8 Å². The van der Waals surface area contributed by atoms with Crippen LogP contribution in [0.5, 0.6) is 0 Å². The summed E-state index contributed by atoms with van der Waals surface area (Å²) in [6.45, 7) is 2.13. The first-order valence-electron chi connectivity index (χ1n) is 11.1. The molecule has 1 aliphatic heterocycles. The molecule has 1 aliphatic rings. The largest absolute Gasteiger partial charge is 0.448 e. The van der Waals surface area contributed by atoms with Gasteiger partial charge in [-0.2, -0.15) is 0 Å². The summed E-state index contributed by atoms with van der Waals surface area (Å²) < 4.78 is 18.8. The Morgan fingerprint density at radius 3 is 2.39 bits per heavy atom. The Labute approximate surface area is 214 Å². The van der Waals surface area contributed by atoms with Crippen molar-refractivity contribution in [2.24, 2.45) is 5.92 Å². The van der Waals surface area contributed by atoms with Crippen molar-refractivity contribution in [1.82, 2.24) is 10.4 Å². The molecule has 9 nitrogen and oxygen atoms in total. The maximum atomic E-state index is 13.4. The number of hydrazine groups is 1. The Hall–Kier alpha value is -3.89. The fraction of sp³-hybridized carbons (Fsp3) is 0.240. The maximum absolute atomic E-state index is 13.4. The number of nitrogens with zero attached hydrogens (tertiary/aromatic N) is 2. The highest BCUT2D eigenvalue weighted by Crippen LogP contribution is 2.23. The predicted octanol–water partition coefficient (Wildman–Crippen LogP) is 4.04. The number of rotatable bonds is 7. The molecule has 1 saturated heterocycles. The molecule has 2 amide bonds. The lowest BCUT2D eigenvalue weighted by Crippen LogP contribution is -2.37. The second-order valence-electron chi connectivity index (χ2n) is 7.99. The van der Waals surface area contributed by atoms with E-state index in [-0.39, 0.29) is 23.4 Å². The number of aromatic nitrogens is 1. The maximum Gasteiger partial charge on any atom is 0.425 e. The first kappa shape index (κ1) is 28.3. The smallest absolute Gasteiger partial charge is 0.425 e. The molecule has 11 heteroatoms. The van der Waals surface area contributed by atoms with Gasteiger partial charge in [0.15, 0.2) is 0 Å². The van der Waals surface area contributed by atoms with Gasteiger partial charge in [0.25, 0.3) is 5.91 Å². The number of anilines is 3. The van der Waals surface area contributed by atoms with Crippen LogP contribution in [-0.2, 0) is 4.74 Å². The van der Waals surface area contributed by atoms with Gasteiger partial charge < -0.3 is 20.4 Å². The summed E-state index contributed by atoms with van der Waals surface area (Å²) in [6.07, 6.45) is 4.82. The van der Waals surface area contributed by atoms with Gasteiger partial charge in [-0.25, -0.2) is 14.6 Å². The minimum absolute atomic E-state index is 0. The summed E-state index contributed by atoms with van der Waals surface area (Å²) in [6, 6.07) is 16.3. The molecule has 0 aliphatic carbocycles. The Morgan fingerprint density at radius 1 is 1.00 bits per heavy atom. The fourth-order valence-corrected chi connectivity index (χ4v) is 3.79. The number of pyridine rings is 1. The highest BCUT2D eigenvalue weighted by molar-refractivity contribution is 6.05. The van der Waals surface area contributed by atoms with Crippen molar-refractivity contribution in [3.05, 3.63) is 84.4 Å². The molecule has 2 heterocycles. The SMILES string of the molecule is Cl.O.O=C(NNc1ccccc1NC(=O)c1cccc(F)c1)OCC1CCN(c2ccncc2)CC1. The van der Waals surface area contributed by atoms with Crippen molar-refractivity contribution in [3.8, 4) is 0 Å². The Morgan fingerprint density at radius 2 is 1.69 bits per heavy atom. The molecule has 1 fully saturated rings. The van der Waals surface area contributed by atoms with Crippen LogP contribution in [0, 0.1) is 11.7 Å². The summed E-state index contributed by atoms with van der Waals surface area (Å²) in [5, 5.41) is 2.71. The zero-order valence-corrected chi connectivity index (χ0v) is 20.3.